The monoisotopic (exact) mass is 272 g/mol. The molecule has 0 saturated carbocycles. The van der Waals surface area contributed by atoms with Crippen LogP contribution in [0.15, 0.2) is 23.1 Å². The van der Waals surface area contributed by atoms with Gasteiger partial charge in [0.2, 0.25) is 10.0 Å². The van der Waals surface area contributed by atoms with Crippen molar-refractivity contribution >= 4 is 15.7 Å². The van der Waals surface area contributed by atoms with Crippen LogP contribution in [0, 0.1) is 28.3 Å². The molecule has 0 aliphatic rings. The molecule has 0 radical (unpaired) electrons. The van der Waals surface area contributed by atoms with Crippen LogP contribution in [-0.4, -0.2) is 19.9 Å². The molecular weight excluding hydrogens is 263 g/mol. The smallest absolute Gasteiger partial charge is 0.258 e. The molecule has 0 fully saturated rings. The maximum atomic E-state index is 13.4. The molecule has 0 saturated heterocycles. The largest absolute Gasteiger partial charge is 0.270 e. The van der Waals surface area contributed by atoms with Crippen molar-refractivity contribution in [3.8, 4) is 12.3 Å². The van der Waals surface area contributed by atoms with E-state index in [-0.39, 0.29) is 13.0 Å². The molecule has 1 N–H and O–H groups in total. The summed E-state index contributed by atoms with van der Waals surface area (Å²) in [5.74, 6) is 1.15. The SMILES string of the molecule is C#CCCNS(=O)(=O)c1cc([N+](=O)[O-])ccc1F. The van der Waals surface area contributed by atoms with Crippen molar-refractivity contribution in [2.24, 2.45) is 0 Å². The fourth-order valence-electron chi connectivity index (χ4n) is 1.15. The Kier molecular flexibility index (Phi) is 4.36. The lowest BCUT2D eigenvalue weighted by Crippen LogP contribution is -2.25. The summed E-state index contributed by atoms with van der Waals surface area (Å²) >= 11 is 0. The molecule has 0 heterocycles. The number of nitrogens with one attached hydrogen (secondary N) is 1. The van der Waals surface area contributed by atoms with Crippen LogP contribution in [0.3, 0.4) is 0 Å². The van der Waals surface area contributed by atoms with Gasteiger partial charge in [-0.3, -0.25) is 10.1 Å². The second kappa shape index (κ2) is 5.57. The quantitative estimate of drug-likeness (QED) is 0.375. The minimum atomic E-state index is -4.14. The van der Waals surface area contributed by atoms with E-state index >= 15 is 0 Å². The van der Waals surface area contributed by atoms with E-state index in [9.17, 15) is 22.9 Å². The van der Waals surface area contributed by atoms with Crippen LogP contribution in [0.5, 0.6) is 0 Å². The molecule has 0 bridgehead atoms. The zero-order valence-electron chi connectivity index (χ0n) is 9.09. The van der Waals surface area contributed by atoms with Gasteiger partial charge in [0.15, 0.2) is 0 Å². The van der Waals surface area contributed by atoms with Crippen molar-refractivity contribution in [3.05, 3.63) is 34.1 Å². The first-order valence-electron chi connectivity index (χ1n) is 4.75. The molecule has 0 aromatic heterocycles. The number of terminal acetylenes is 1. The Bertz CT molecular complexity index is 607. The van der Waals surface area contributed by atoms with E-state index in [2.05, 4.69) is 10.6 Å². The standard InChI is InChI=1S/C10H9FN2O4S/c1-2-3-6-12-18(16,17)10-7-8(13(14)15)4-5-9(10)11/h1,4-5,7,12H,3,6H2. The van der Waals surface area contributed by atoms with E-state index < -0.39 is 31.3 Å². The number of sulfonamides is 1. The Hall–Kier alpha value is -1.98. The Balaban J connectivity index is 3.12. The van der Waals surface area contributed by atoms with Gasteiger partial charge in [0.1, 0.15) is 10.7 Å². The van der Waals surface area contributed by atoms with Crippen LogP contribution >= 0.6 is 0 Å². The summed E-state index contributed by atoms with van der Waals surface area (Å²) < 4.78 is 38.7. The Morgan fingerprint density at radius 1 is 1.50 bits per heavy atom. The second-order valence-corrected chi connectivity index (χ2v) is 4.96. The van der Waals surface area contributed by atoms with E-state index in [1.54, 1.807) is 0 Å². The average molecular weight is 272 g/mol. The minimum absolute atomic E-state index is 0.0685. The molecule has 0 aliphatic carbocycles. The van der Waals surface area contributed by atoms with Crippen molar-refractivity contribution in [2.75, 3.05) is 6.54 Å². The molecule has 0 unspecified atom stereocenters. The van der Waals surface area contributed by atoms with Gasteiger partial charge in [-0.1, -0.05) is 0 Å². The fourth-order valence-corrected chi connectivity index (χ4v) is 2.27. The Labute approximate surface area is 103 Å². The maximum Gasteiger partial charge on any atom is 0.270 e. The van der Waals surface area contributed by atoms with Gasteiger partial charge in [-0.05, 0) is 6.07 Å². The number of hydrogen-bond donors (Lipinski definition) is 1. The van der Waals surface area contributed by atoms with Gasteiger partial charge in [0.25, 0.3) is 5.69 Å². The fraction of sp³-hybridized carbons (Fsp3) is 0.200. The van der Waals surface area contributed by atoms with Crippen LogP contribution in [0.2, 0.25) is 0 Å². The van der Waals surface area contributed by atoms with Gasteiger partial charge in [-0.2, -0.15) is 0 Å². The van der Waals surface area contributed by atoms with E-state index in [0.29, 0.717) is 6.07 Å². The number of hydrogen-bond acceptors (Lipinski definition) is 4. The van der Waals surface area contributed by atoms with Gasteiger partial charge in [-0.15, -0.1) is 12.3 Å². The van der Waals surface area contributed by atoms with Crippen molar-refractivity contribution in [3.63, 3.8) is 0 Å². The molecule has 0 aliphatic heterocycles. The van der Waals surface area contributed by atoms with Crippen molar-refractivity contribution in [2.45, 2.75) is 11.3 Å². The molecule has 1 rings (SSSR count). The number of non-ortho nitro benzene ring substituents is 1. The van der Waals surface area contributed by atoms with Crippen LogP contribution in [-0.2, 0) is 10.0 Å². The summed E-state index contributed by atoms with van der Waals surface area (Å²) in [4.78, 5) is 8.92. The van der Waals surface area contributed by atoms with Gasteiger partial charge < -0.3 is 0 Å². The summed E-state index contributed by atoms with van der Waals surface area (Å²) in [6.07, 6.45) is 5.08. The Morgan fingerprint density at radius 3 is 2.72 bits per heavy atom. The third-order valence-corrected chi connectivity index (χ3v) is 3.45. The number of rotatable bonds is 5. The lowest BCUT2D eigenvalue weighted by Gasteiger charge is -2.06. The van der Waals surface area contributed by atoms with E-state index in [0.717, 1.165) is 12.1 Å². The molecule has 96 valence electrons. The summed E-state index contributed by atoms with van der Waals surface area (Å²) in [5.41, 5.74) is -0.506. The number of nitrogens with zero attached hydrogens (tertiary/aromatic N) is 1. The molecule has 18 heavy (non-hydrogen) atoms. The van der Waals surface area contributed by atoms with Crippen LogP contribution < -0.4 is 4.72 Å². The van der Waals surface area contributed by atoms with Gasteiger partial charge >= 0.3 is 0 Å². The lowest BCUT2D eigenvalue weighted by molar-refractivity contribution is -0.385. The highest BCUT2D eigenvalue weighted by atomic mass is 32.2. The molecule has 0 spiro atoms. The van der Waals surface area contributed by atoms with E-state index in [4.69, 9.17) is 6.42 Å². The van der Waals surface area contributed by atoms with Crippen LogP contribution in [0.1, 0.15) is 6.42 Å². The topological polar surface area (TPSA) is 89.3 Å². The van der Waals surface area contributed by atoms with E-state index in [1.165, 1.54) is 0 Å². The number of benzene rings is 1. The summed E-state index contributed by atoms with van der Waals surface area (Å²) in [5, 5.41) is 10.5. The molecular formula is C10H9FN2O4S. The average Bonchev–Trinajstić information content (AvgIpc) is 2.29. The summed E-state index contributed by atoms with van der Waals surface area (Å²) in [6, 6.07) is 2.28. The highest BCUT2D eigenvalue weighted by Crippen LogP contribution is 2.20. The first-order valence-corrected chi connectivity index (χ1v) is 6.24. The minimum Gasteiger partial charge on any atom is -0.258 e. The summed E-state index contributed by atoms with van der Waals surface area (Å²) in [6.45, 7) is -0.0685. The van der Waals surface area contributed by atoms with Crippen molar-refractivity contribution in [1.82, 2.24) is 4.72 Å². The second-order valence-electron chi connectivity index (χ2n) is 3.22. The predicted molar refractivity (Wildman–Crippen MR) is 61.7 cm³/mol. The first-order chi connectivity index (χ1) is 8.38. The zero-order valence-corrected chi connectivity index (χ0v) is 9.91. The first kappa shape index (κ1) is 14.1. The van der Waals surface area contributed by atoms with Crippen LogP contribution in [0.4, 0.5) is 10.1 Å². The number of halogens is 1. The Morgan fingerprint density at radius 2 is 2.17 bits per heavy atom. The highest BCUT2D eigenvalue weighted by molar-refractivity contribution is 7.89. The third-order valence-electron chi connectivity index (χ3n) is 1.98. The van der Waals surface area contributed by atoms with Crippen molar-refractivity contribution < 1.29 is 17.7 Å². The molecule has 0 amide bonds. The molecule has 0 atom stereocenters. The predicted octanol–water partition coefficient (Wildman–Crippen LogP) is 1.04. The number of nitro benzene ring substituents is 1. The molecule has 6 nitrogen and oxygen atoms in total. The molecule has 1 aromatic carbocycles. The third kappa shape index (κ3) is 3.26. The normalized spacial score (nSPS) is 10.9. The van der Waals surface area contributed by atoms with Gasteiger partial charge in [0, 0.05) is 25.1 Å². The molecule has 1 aromatic rings. The summed E-state index contributed by atoms with van der Waals surface area (Å²) in [7, 11) is -4.14. The lowest BCUT2D eigenvalue weighted by atomic mass is 10.3. The van der Waals surface area contributed by atoms with E-state index in [1.807, 2.05) is 0 Å². The molecule has 8 heteroatoms. The van der Waals surface area contributed by atoms with Crippen LogP contribution in [0.25, 0.3) is 0 Å². The zero-order chi connectivity index (χ0) is 13.8. The highest BCUT2D eigenvalue weighted by Gasteiger charge is 2.21. The maximum absolute atomic E-state index is 13.4. The van der Waals surface area contributed by atoms with Gasteiger partial charge in [0.05, 0.1) is 4.92 Å². The van der Waals surface area contributed by atoms with Crippen molar-refractivity contribution in [1.29, 1.82) is 0 Å². The number of nitro groups is 1. The van der Waals surface area contributed by atoms with Gasteiger partial charge in [-0.25, -0.2) is 17.5 Å².